The van der Waals surface area contributed by atoms with E-state index in [0.29, 0.717) is 6.54 Å². The van der Waals surface area contributed by atoms with E-state index in [1.54, 1.807) is 0 Å². The minimum Gasteiger partial charge on any atom is -0.295 e. The van der Waals surface area contributed by atoms with Crippen molar-refractivity contribution in [3.05, 3.63) is 0 Å². The highest BCUT2D eigenvalue weighted by molar-refractivity contribution is 5.02. The monoisotopic (exact) mass is 157 g/mol. The van der Waals surface area contributed by atoms with Crippen LogP contribution in [-0.2, 0) is 0 Å². The van der Waals surface area contributed by atoms with E-state index in [1.165, 1.54) is 12.8 Å². The lowest BCUT2D eigenvalue weighted by Crippen LogP contribution is -2.37. The van der Waals surface area contributed by atoms with Crippen LogP contribution < -0.4 is 0 Å². The topological polar surface area (TPSA) is 3.24 Å². The molecule has 2 atom stereocenters. The third kappa shape index (κ3) is 0.994. The van der Waals surface area contributed by atoms with E-state index >= 15 is 0 Å². The predicted octanol–water partition coefficient (Wildman–Crippen LogP) is 1.97. The van der Waals surface area contributed by atoms with Crippen molar-refractivity contribution in [2.45, 2.75) is 44.3 Å². The largest absolute Gasteiger partial charge is 0.295 e. The van der Waals surface area contributed by atoms with Crippen molar-refractivity contribution < 1.29 is 4.39 Å². The lowest BCUT2D eigenvalue weighted by molar-refractivity contribution is 0.189. The van der Waals surface area contributed by atoms with Gasteiger partial charge in [-0.3, -0.25) is 4.90 Å². The number of nitrogens with zero attached hydrogens (tertiary/aromatic N) is 1. The van der Waals surface area contributed by atoms with Crippen LogP contribution >= 0.6 is 0 Å². The Labute approximate surface area is 67.6 Å². The van der Waals surface area contributed by atoms with E-state index < -0.39 is 6.17 Å². The van der Waals surface area contributed by atoms with Crippen molar-refractivity contribution in [3.63, 3.8) is 0 Å². The van der Waals surface area contributed by atoms with E-state index in [0.717, 1.165) is 19.4 Å². The number of hydrogen-bond donors (Lipinski definition) is 0. The molecule has 2 fully saturated rings. The zero-order chi connectivity index (χ0) is 7.90. The highest BCUT2D eigenvalue weighted by Gasteiger charge is 2.46. The second-order valence-electron chi connectivity index (χ2n) is 3.93. The second-order valence-corrected chi connectivity index (χ2v) is 3.93. The number of halogens is 1. The van der Waals surface area contributed by atoms with Crippen LogP contribution in [0.15, 0.2) is 0 Å². The normalized spacial score (nSPS) is 44.7. The Balaban J connectivity index is 2.15. The summed E-state index contributed by atoms with van der Waals surface area (Å²) in [4.78, 5) is 2.36. The van der Waals surface area contributed by atoms with Crippen LogP contribution in [0, 0.1) is 0 Å². The SMILES string of the molecule is CC[C@]12CCCN1CC(F)C2. The quantitative estimate of drug-likeness (QED) is 0.562. The molecule has 0 aromatic carbocycles. The molecule has 0 saturated carbocycles. The van der Waals surface area contributed by atoms with Crippen molar-refractivity contribution in [1.29, 1.82) is 0 Å². The van der Waals surface area contributed by atoms with Gasteiger partial charge in [0.2, 0.25) is 0 Å². The molecule has 1 nitrogen and oxygen atoms in total. The highest BCUT2D eigenvalue weighted by Crippen LogP contribution is 2.41. The molecule has 2 aliphatic rings. The second kappa shape index (κ2) is 2.44. The van der Waals surface area contributed by atoms with Gasteiger partial charge in [0.25, 0.3) is 0 Å². The fraction of sp³-hybridized carbons (Fsp3) is 1.00. The third-order valence-corrected chi connectivity index (χ3v) is 3.42. The average Bonchev–Trinajstić information content (AvgIpc) is 2.43. The van der Waals surface area contributed by atoms with Crippen molar-refractivity contribution in [2.75, 3.05) is 13.1 Å². The molecule has 0 N–H and O–H groups in total. The smallest absolute Gasteiger partial charge is 0.115 e. The molecule has 2 heteroatoms. The molecular formula is C9H16FN. The van der Waals surface area contributed by atoms with Gasteiger partial charge in [-0.25, -0.2) is 4.39 Å². The maximum absolute atomic E-state index is 13.0. The summed E-state index contributed by atoms with van der Waals surface area (Å²) in [6.45, 7) is 4.03. The van der Waals surface area contributed by atoms with Crippen molar-refractivity contribution >= 4 is 0 Å². The first kappa shape index (κ1) is 7.53. The zero-order valence-electron chi connectivity index (χ0n) is 7.15. The first-order valence-electron chi connectivity index (χ1n) is 4.66. The predicted molar refractivity (Wildman–Crippen MR) is 43.3 cm³/mol. The summed E-state index contributed by atoms with van der Waals surface area (Å²) >= 11 is 0. The Kier molecular flexibility index (Phi) is 1.67. The molecule has 0 aromatic rings. The lowest BCUT2D eigenvalue weighted by atomic mass is 9.91. The Morgan fingerprint density at radius 2 is 2.45 bits per heavy atom. The first-order chi connectivity index (χ1) is 5.27. The van der Waals surface area contributed by atoms with Crippen LogP contribution in [0.1, 0.15) is 32.6 Å². The number of alkyl halides is 1. The molecular weight excluding hydrogens is 141 g/mol. The van der Waals surface area contributed by atoms with Crippen LogP contribution in [0.4, 0.5) is 4.39 Å². The molecule has 1 unspecified atom stereocenters. The fourth-order valence-electron chi connectivity index (χ4n) is 2.77. The molecule has 0 spiro atoms. The molecule has 0 aliphatic carbocycles. The van der Waals surface area contributed by atoms with Crippen LogP contribution in [0.25, 0.3) is 0 Å². The summed E-state index contributed by atoms with van der Waals surface area (Å²) in [6.07, 6.45) is 3.89. The van der Waals surface area contributed by atoms with Crippen molar-refractivity contribution in [3.8, 4) is 0 Å². The summed E-state index contributed by atoms with van der Waals surface area (Å²) in [5.41, 5.74) is 0.277. The van der Waals surface area contributed by atoms with E-state index in [9.17, 15) is 4.39 Å². The highest BCUT2D eigenvalue weighted by atomic mass is 19.1. The van der Waals surface area contributed by atoms with Gasteiger partial charge in [0.05, 0.1) is 0 Å². The third-order valence-electron chi connectivity index (χ3n) is 3.42. The van der Waals surface area contributed by atoms with Gasteiger partial charge in [-0.05, 0) is 32.2 Å². The molecule has 0 bridgehead atoms. The number of hydrogen-bond acceptors (Lipinski definition) is 1. The van der Waals surface area contributed by atoms with Crippen LogP contribution in [0.3, 0.4) is 0 Å². The van der Waals surface area contributed by atoms with Gasteiger partial charge in [0.15, 0.2) is 0 Å². The molecule has 11 heavy (non-hydrogen) atoms. The maximum Gasteiger partial charge on any atom is 0.115 e. The minimum absolute atomic E-state index is 0.277. The Morgan fingerprint density at radius 1 is 1.64 bits per heavy atom. The molecule has 0 radical (unpaired) electrons. The fourth-order valence-corrected chi connectivity index (χ4v) is 2.77. The molecule has 0 amide bonds. The van der Waals surface area contributed by atoms with Gasteiger partial charge < -0.3 is 0 Å². The Bertz CT molecular complexity index is 160. The van der Waals surface area contributed by atoms with Gasteiger partial charge >= 0.3 is 0 Å². The van der Waals surface area contributed by atoms with Gasteiger partial charge in [0, 0.05) is 12.1 Å². The minimum atomic E-state index is -0.546. The summed E-state index contributed by atoms with van der Waals surface area (Å²) in [7, 11) is 0. The van der Waals surface area contributed by atoms with E-state index in [-0.39, 0.29) is 5.54 Å². The van der Waals surface area contributed by atoms with E-state index in [4.69, 9.17) is 0 Å². The van der Waals surface area contributed by atoms with Crippen LogP contribution in [-0.4, -0.2) is 29.7 Å². The van der Waals surface area contributed by atoms with Crippen molar-refractivity contribution in [1.82, 2.24) is 4.90 Å². The molecule has 0 aromatic heterocycles. The van der Waals surface area contributed by atoms with Gasteiger partial charge in [-0.15, -0.1) is 0 Å². The summed E-state index contributed by atoms with van der Waals surface area (Å²) < 4.78 is 13.0. The van der Waals surface area contributed by atoms with Gasteiger partial charge in [-0.1, -0.05) is 6.92 Å². The molecule has 2 heterocycles. The standard InChI is InChI=1S/C9H16FN/c1-2-9-4-3-5-11(9)7-8(10)6-9/h8H,2-7H2,1H3/t8?,9-/m1/s1. The Hall–Kier alpha value is -0.110. The number of fused-ring (bicyclic) bond motifs is 1. The maximum atomic E-state index is 13.0. The lowest BCUT2D eigenvalue weighted by Gasteiger charge is -2.29. The Morgan fingerprint density at radius 3 is 3.09 bits per heavy atom. The number of rotatable bonds is 1. The molecule has 2 aliphatic heterocycles. The summed E-state index contributed by atoms with van der Waals surface area (Å²) in [5, 5.41) is 0. The van der Waals surface area contributed by atoms with E-state index in [2.05, 4.69) is 11.8 Å². The summed E-state index contributed by atoms with van der Waals surface area (Å²) in [5.74, 6) is 0. The molecule has 2 rings (SSSR count). The molecule has 2 saturated heterocycles. The van der Waals surface area contributed by atoms with Crippen molar-refractivity contribution in [2.24, 2.45) is 0 Å². The van der Waals surface area contributed by atoms with Crippen LogP contribution in [0.5, 0.6) is 0 Å². The average molecular weight is 157 g/mol. The first-order valence-corrected chi connectivity index (χ1v) is 4.66. The molecule has 64 valence electrons. The summed E-state index contributed by atoms with van der Waals surface area (Å²) in [6, 6.07) is 0. The van der Waals surface area contributed by atoms with E-state index in [1.807, 2.05) is 0 Å². The van der Waals surface area contributed by atoms with Gasteiger partial charge in [0.1, 0.15) is 6.17 Å². The van der Waals surface area contributed by atoms with Crippen LogP contribution in [0.2, 0.25) is 0 Å². The van der Waals surface area contributed by atoms with Gasteiger partial charge in [-0.2, -0.15) is 0 Å². The zero-order valence-corrected chi connectivity index (χ0v) is 7.15.